The van der Waals surface area contributed by atoms with Crippen LogP contribution in [0.4, 0.5) is 0 Å². The molecular formula is C10H12O4. The van der Waals surface area contributed by atoms with Crippen molar-refractivity contribution in [3.05, 3.63) is 24.3 Å². The van der Waals surface area contributed by atoms with E-state index in [4.69, 9.17) is 5.11 Å². The molecule has 0 saturated heterocycles. The van der Waals surface area contributed by atoms with Gasteiger partial charge in [0.1, 0.15) is 5.78 Å². The van der Waals surface area contributed by atoms with Crippen LogP contribution in [0.2, 0.25) is 0 Å². The molecule has 0 fully saturated rings. The van der Waals surface area contributed by atoms with Gasteiger partial charge in [0.15, 0.2) is 6.10 Å². The van der Waals surface area contributed by atoms with Crippen molar-refractivity contribution in [2.75, 3.05) is 0 Å². The number of carbonyl (C=O) groups is 2. The van der Waals surface area contributed by atoms with Gasteiger partial charge in [-0.15, -0.1) is 0 Å². The SMILES string of the molecule is CC(=O)C1(C(O)C(=O)O)C=CC=CC1. The number of aliphatic hydroxyl groups is 1. The third-order valence-electron chi connectivity index (χ3n) is 2.47. The Morgan fingerprint density at radius 2 is 2.07 bits per heavy atom. The lowest BCUT2D eigenvalue weighted by molar-refractivity contribution is -0.156. The van der Waals surface area contributed by atoms with E-state index in [1.807, 2.05) is 0 Å². The Hall–Kier alpha value is -1.42. The Labute approximate surface area is 81.6 Å². The molecule has 76 valence electrons. The lowest BCUT2D eigenvalue weighted by Gasteiger charge is -2.30. The maximum Gasteiger partial charge on any atom is 0.333 e. The van der Waals surface area contributed by atoms with Crippen LogP contribution in [0.5, 0.6) is 0 Å². The Morgan fingerprint density at radius 3 is 2.43 bits per heavy atom. The molecule has 4 heteroatoms. The first-order chi connectivity index (χ1) is 6.50. The smallest absolute Gasteiger partial charge is 0.333 e. The molecular weight excluding hydrogens is 184 g/mol. The van der Waals surface area contributed by atoms with E-state index in [0.717, 1.165) is 0 Å². The van der Waals surface area contributed by atoms with Gasteiger partial charge in [-0.3, -0.25) is 4.79 Å². The van der Waals surface area contributed by atoms with Gasteiger partial charge in [0.2, 0.25) is 0 Å². The molecule has 0 bridgehead atoms. The van der Waals surface area contributed by atoms with Crippen LogP contribution < -0.4 is 0 Å². The van der Waals surface area contributed by atoms with Crippen molar-refractivity contribution in [1.29, 1.82) is 0 Å². The maximum atomic E-state index is 11.4. The van der Waals surface area contributed by atoms with Crippen LogP contribution in [-0.4, -0.2) is 28.1 Å². The van der Waals surface area contributed by atoms with Gasteiger partial charge in [-0.1, -0.05) is 24.3 Å². The number of rotatable bonds is 3. The van der Waals surface area contributed by atoms with E-state index < -0.39 is 17.5 Å². The van der Waals surface area contributed by atoms with E-state index in [1.54, 1.807) is 18.2 Å². The molecule has 1 aliphatic carbocycles. The third-order valence-corrected chi connectivity index (χ3v) is 2.47. The number of aliphatic hydroxyl groups excluding tert-OH is 1. The lowest BCUT2D eigenvalue weighted by Crippen LogP contribution is -2.44. The second kappa shape index (κ2) is 3.75. The summed E-state index contributed by atoms with van der Waals surface area (Å²) in [6.45, 7) is 1.29. The second-order valence-corrected chi connectivity index (χ2v) is 3.33. The highest BCUT2D eigenvalue weighted by Gasteiger charge is 2.44. The second-order valence-electron chi connectivity index (χ2n) is 3.33. The van der Waals surface area contributed by atoms with Crippen molar-refractivity contribution in [2.45, 2.75) is 19.4 Å². The average molecular weight is 196 g/mol. The van der Waals surface area contributed by atoms with E-state index in [0.29, 0.717) is 0 Å². The number of aliphatic carboxylic acids is 1. The molecule has 2 N–H and O–H groups in total. The number of carboxylic acids is 1. The normalized spacial score (nSPS) is 27.3. The van der Waals surface area contributed by atoms with Crippen LogP contribution in [0.15, 0.2) is 24.3 Å². The highest BCUT2D eigenvalue weighted by atomic mass is 16.4. The standard InChI is InChI=1S/C10H12O4/c1-7(11)10(8(12)9(13)14)5-3-2-4-6-10/h2-5,8,12H,6H2,1H3,(H,13,14). The molecule has 1 aliphatic rings. The summed E-state index contributed by atoms with van der Waals surface area (Å²) >= 11 is 0. The summed E-state index contributed by atoms with van der Waals surface area (Å²) in [6.07, 6.45) is 4.97. The number of hydrogen-bond acceptors (Lipinski definition) is 3. The fourth-order valence-electron chi connectivity index (χ4n) is 1.51. The molecule has 0 heterocycles. The number of hydrogen-bond donors (Lipinski definition) is 2. The first-order valence-corrected chi connectivity index (χ1v) is 4.27. The summed E-state index contributed by atoms with van der Waals surface area (Å²) in [5, 5.41) is 18.2. The van der Waals surface area contributed by atoms with Gasteiger partial charge in [-0.25, -0.2) is 4.79 Å². The number of carbonyl (C=O) groups excluding carboxylic acids is 1. The van der Waals surface area contributed by atoms with Crippen molar-refractivity contribution in [3.8, 4) is 0 Å². The Balaban J connectivity index is 3.05. The van der Waals surface area contributed by atoms with Crippen LogP contribution >= 0.6 is 0 Å². The first kappa shape index (κ1) is 10.7. The summed E-state index contributed by atoms with van der Waals surface area (Å²) < 4.78 is 0. The molecule has 4 nitrogen and oxygen atoms in total. The number of carboxylic acid groups (broad SMARTS) is 1. The van der Waals surface area contributed by atoms with Gasteiger partial charge in [0.25, 0.3) is 0 Å². The van der Waals surface area contributed by atoms with Crippen LogP contribution in [-0.2, 0) is 9.59 Å². The Bertz CT molecular complexity index is 316. The summed E-state index contributed by atoms with van der Waals surface area (Å²) in [7, 11) is 0. The molecule has 0 aromatic carbocycles. The summed E-state index contributed by atoms with van der Waals surface area (Å²) in [6, 6.07) is 0. The first-order valence-electron chi connectivity index (χ1n) is 4.27. The van der Waals surface area contributed by atoms with E-state index in [-0.39, 0.29) is 12.2 Å². The molecule has 2 atom stereocenters. The number of Topliss-reactive ketones (excluding diaryl/α,β-unsaturated/α-hetero) is 1. The quantitative estimate of drug-likeness (QED) is 0.690. The van der Waals surface area contributed by atoms with Gasteiger partial charge in [0, 0.05) is 0 Å². The fraction of sp³-hybridized carbons (Fsp3) is 0.400. The van der Waals surface area contributed by atoms with Crippen LogP contribution in [0.3, 0.4) is 0 Å². The van der Waals surface area contributed by atoms with E-state index in [2.05, 4.69) is 0 Å². The topological polar surface area (TPSA) is 74.6 Å². The summed E-state index contributed by atoms with van der Waals surface area (Å²) in [5.41, 5.74) is -1.29. The highest BCUT2D eigenvalue weighted by Crippen LogP contribution is 2.33. The number of allylic oxidation sites excluding steroid dienone is 3. The molecule has 2 unspecified atom stereocenters. The molecule has 0 radical (unpaired) electrons. The molecule has 0 aromatic rings. The van der Waals surface area contributed by atoms with Crippen molar-refractivity contribution in [1.82, 2.24) is 0 Å². The predicted molar refractivity (Wildman–Crippen MR) is 49.7 cm³/mol. The molecule has 0 spiro atoms. The van der Waals surface area contributed by atoms with Crippen molar-refractivity contribution >= 4 is 11.8 Å². The van der Waals surface area contributed by atoms with Gasteiger partial charge in [-0.2, -0.15) is 0 Å². The zero-order valence-electron chi connectivity index (χ0n) is 7.80. The highest BCUT2D eigenvalue weighted by molar-refractivity contribution is 5.91. The Kier molecular flexibility index (Phi) is 2.86. The summed E-state index contributed by atoms with van der Waals surface area (Å²) in [5.74, 6) is -1.71. The van der Waals surface area contributed by atoms with Crippen molar-refractivity contribution < 1.29 is 19.8 Å². The van der Waals surface area contributed by atoms with E-state index in [9.17, 15) is 14.7 Å². The number of ketones is 1. The van der Waals surface area contributed by atoms with Crippen molar-refractivity contribution in [2.24, 2.45) is 5.41 Å². The molecule has 0 aromatic heterocycles. The van der Waals surface area contributed by atoms with Crippen molar-refractivity contribution in [3.63, 3.8) is 0 Å². The molecule has 1 rings (SSSR count). The molecule has 14 heavy (non-hydrogen) atoms. The monoisotopic (exact) mass is 196 g/mol. The molecule has 0 saturated carbocycles. The van der Waals surface area contributed by atoms with Crippen LogP contribution in [0, 0.1) is 5.41 Å². The minimum Gasteiger partial charge on any atom is -0.479 e. The minimum absolute atomic E-state index is 0.228. The van der Waals surface area contributed by atoms with Gasteiger partial charge in [0.05, 0.1) is 5.41 Å². The van der Waals surface area contributed by atoms with Crippen LogP contribution in [0.1, 0.15) is 13.3 Å². The van der Waals surface area contributed by atoms with E-state index in [1.165, 1.54) is 13.0 Å². The van der Waals surface area contributed by atoms with Gasteiger partial charge >= 0.3 is 5.97 Å². The zero-order chi connectivity index (χ0) is 10.8. The molecule has 0 amide bonds. The van der Waals surface area contributed by atoms with Crippen LogP contribution in [0.25, 0.3) is 0 Å². The largest absolute Gasteiger partial charge is 0.479 e. The maximum absolute atomic E-state index is 11.4. The zero-order valence-corrected chi connectivity index (χ0v) is 7.80. The third kappa shape index (κ3) is 1.61. The minimum atomic E-state index is -1.68. The fourth-order valence-corrected chi connectivity index (χ4v) is 1.51. The molecule has 0 aliphatic heterocycles. The predicted octanol–water partition coefficient (Wildman–Crippen LogP) is 0.523. The van der Waals surface area contributed by atoms with Gasteiger partial charge in [-0.05, 0) is 13.3 Å². The lowest BCUT2D eigenvalue weighted by atomic mass is 9.73. The summed E-state index contributed by atoms with van der Waals surface area (Å²) in [4.78, 5) is 22.0. The van der Waals surface area contributed by atoms with Gasteiger partial charge < -0.3 is 10.2 Å². The Morgan fingerprint density at radius 1 is 1.43 bits per heavy atom. The van der Waals surface area contributed by atoms with E-state index >= 15 is 0 Å². The average Bonchev–Trinajstić information content (AvgIpc) is 2.17.